The summed E-state index contributed by atoms with van der Waals surface area (Å²) in [5, 5.41) is 12.0. The van der Waals surface area contributed by atoms with Gasteiger partial charge < -0.3 is 29.4 Å². The maximum atomic E-state index is 13.9. The van der Waals surface area contributed by atoms with Crippen LogP contribution in [0.25, 0.3) is 6.08 Å². The van der Waals surface area contributed by atoms with Gasteiger partial charge in [0.25, 0.3) is 5.91 Å². The van der Waals surface area contributed by atoms with E-state index in [-0.39, 0.29) is 19.1 Å². The fourth-order valence-electron chi connectivity index (χ4n) is 4.45. The maximum Gasteiger partial charge on any atom is 0.252 e. The normalized spacial score (nSPS) is 18.2. The lowest BCUT2D eigenvalue weighted by molar-refractivity contribution is -0.128. The second kappa shape index (κ2) is 13.7. The third kappa shape index (κ3) is 6.82. The fourth-order valence-corrected chi connectivity index (χ4v) is 4.45. The second-order valence-electron chi connectivity index (χ2n) is 9.43. The number of hydrogen-bond acceptors (Lipinski definition) is 7. The third-order valence-corrected chi connectivity index (χ3v) is 6.80. The van der Waals surface area contributed by atoms with Crippen LogP contribution < -0.4 is 19.5 Å². The molecule has 1 aliphatic heterocycles. The van der Waals surface area contributed by atoms with Gasteiger partial charge >= 0.3 is 0 Å². The van der Waals surface area contributed by atoms with Gasteiger partial charge in [-0.15, -0.1) is 0 Å². The van der Waals surface area contributed by atoms with E-state index in [1.54, 1.807) is 20.3 Å². The van der Waals surface area contributed by atoms with Crippen LogP contribution in [0, 0.1) is 0 Å². The number of nitrogens with zero attached hydrogens (tertiary/aromatic N) is 1. The molecule has 0 saturated heterocycles. The van der Waals surface area contributed by atoms with Crippen molar-refractivity contribution >= 4 is 17.9 Å². The molecule has 4 rings (SSSR count). The average Bonchev–Trinajstić information content (AvgIpc) is 3.33. The molecule has 0 radical (unpaired) electrons. The van der Waals surface area contributed by atoms with Gasteiger partial charge in [0.1, 0.15) is 23.4 Å². The SMILES string of the molecule is COc1ccc(CNC(=O)[C@]2(C/C=C/c3ccccc3)N=C(c3ccc(OCCCO)cc3)O[C@@H]2C)c(OC)c1. The number of carbonyl (C=O) groups is 1. The molecular formula is C32H36N2O6. The molecule has 0 spiro atoms. The maximum absolute atomic E-state index is 13.9. The van der Waals surface area contributed by atoms with Crippen molar-refractivity contribution in [3.63, 3.8) is 0 Å². The summed E-state index contributed by atoms with van der Waals surface area (Å²) in [7, 11) is 3.18. The highest BCUT2D eigenvalue weighted by Gasteiger charge is 2.49. The van der Waals surface area contributed by atoms with E-state index in [0.717, 1.165) is 16.7 Å². The Kier molecular flexibility index (Phi) is 9.81. The quantitative estimate of drug-likeness (QED) is 0.300. The van der Waals surface area contributed by atoms with Crippen LogP contribution in [0.2, 0.25) is 0 Å². The van der Waals surface area contributed by atoms with Crippen LogP contribution in [0.1, 0.15) is 36.5 Å². The van der Waals surface area contributed by atoms with E-state index in [1.165, 1.54) is 0 Å². The van der Waals surface area contributed by atoms with Crippen molar-refractivity contribution in [1.29, 1.82) is 0 Å². The molecule has 2 N–H and O–H groups in total. The molecule has 0 bridgehead atoms. The summed E-state index contributed by atoms with van der Waals surface area (Å²) in [6, 6.07) is 22.8. The first-order valence-corrected chi connectivity index (χ1v) is 13.3. The van der Waals surface area contributed by atoms with Gasteiger partial charge in [0, 0.05) is 43.2 Å². The van der Waals surface area contributed by atoms with E-state index >= 15 is 0 Å². The van der Waals surface area contributed by atoms with Gasteiger partial charge in [0.15, 0.2) is 5.54 Å². The molecule has 1 aliphatic rings. The van der Waals surface area contributed by atoms with E-state index < -0.39 is 11.6 Å². The van der Waals surface area contributed by atoms with Gasteiger partial charge in [-0.3, -0.25) is 4.79 Å². The number of aliphatic hydroxyl groups is 1. The van der Waals surface area contributed by atoms with E-state index in [2.05, 4.69) is 5.32 Å². The van der Waals surface area contributed by atoms with Gasteiger partial charge in [-0.05, 0) is 48.9 Å². The Hall–Kier alpha value is -4.30. The minimum atomic E-state index is -1.17. The van der Waals surface area contributed by atoms with Gasteiger partial charge in [-0.2, -0.15) is 0 Å². The number of aliphatic hydroxyl groups excluding tert-OH is 1. The number of ether oxygens (including phenoxy) is 4. The van der Waals surface area contributed by atoms with Crippen LogP contribution in [0.5, 0.6) is 17.2 Å². The standard InChI is InChI=1S/C32H36N2O6/c1-23-32(18-7-11-24-9-5-4-6-10-24,31(36)33-22-26-14-17-28(37-2)21-29(26)38-3)34-30(40-23)25-12-15-27(16-13-25)39-20-8-19-35/h4-7,9-17,21,23,35H,8,18-20,22H2,1-3H3,(H,33,36)/b11-7+/t23-,32-/m1/s1. The monoisotopic (exact) mass is 544 g/mol. The first-order valence-electron chi connectivity index (χ1n) is 13.3. The Morgan fingerprint density at radius 2 is 1.80 bits per heavy atom. The van der Waals surface area contributed by atoms with Gasteiger partial charge in [-0.1, -0.05) is 42.5 Å². The molecule has 8 nitrogen and oxygen atoms in total. The lowest BCUT2D eigenvalue weighted by Crippen LogP contribution is -2.50. The minimum Gasteiger partial charge on any atom is -0.497 e. The van der Waals surface area contributed by atoms with Crippen molar-refractivity contribution in [2.45, 2.75) is 38.0 Å². The molecular weight excluding hydrogens is 508 g/mol. The number of methoxy groups -OCH3 is 2. The van der Waals surface area contributed by atoms with Crippen molar-refractivity contribution in [3.05, 3.63) is 95.6 Å². The Bertz CT molecular complexity index is 1320. The fraction of sp³-hybridized carbons (Fsp3) is 0.312. The Morgan fingerprint density at radius 3 is 2.50 bits per heavy atom. The van der Waals surface area contributed by atoms with E-state index in [0.29, 0.717) is 42.6 Å². The topological polar surface area (TPSA) is 98.6 Å². The Balaban J connectivity index is 1.58. The number of rotatable bonds is 13. The molecule has 0 aliphatic carbocycles. The van der Waals surface area contributed by atoms with Crippen LogP contribution in [-0.2, 0) is 16.1 Å². The summed E-state index contributed by atoms with van der Waals surface area (Å²) < 4.78 is 22.6. The molecule has 1 amide bonds. The summed E-state index contributed by atoms with van der Waals surface area (Å²) in [5.74, 6) is 2.14. The number of carbonyl (C=O) groups excluding carboxylic acids is 1. The van der Waals surface area contributed by atoms with E-state index in [4.69, 9.17) is 29.0 Å². The van der Waals surface area contributed by atoms with Gasteiger partial charge in [0.05, 0.1) is 20.8 Å². The highest BCUT2D eigenvalue weighted by atomic mass is 16.5. The summed E-state index contributed by atoms with van der Waals surface area (Å²) in [5.41, 5.74) is 1.43. The molecule has 0 fully saturated rings. The lowest BCUT2D eigenvalue weighted by Gasteiger charge is -2.27. The largest absolute Gasteiger partial charge is 0.497 e. The number of nitrogens with one attached hydrogen (secondary N) is 1. The average molecular weight is 545 g/mol. The molecule has 0 saturated carbocycles. The minimum absolute atomic E-state index is 0.0781. The van der Waals surface area contributed by atoms with Crippen LogP contribution in [0.15, 0.2) is 83.9 Å². The molecule has 8 heteroatoms. The molecule has 40 heavy (non-hydrogen) atoms. The van der Waals surface area contributed by atoms with E-state index in [9.17, 15) is 4.79 Å². The number of hydrogen-bond donors (Lipinski definition) is 2. The highest BCUT2D eigenvalue weighted by molar-refractivity contribution is 6.00. The number of benzene rings is 3. The molecule has 0 unspecified atom stereocenters. The molecule has 0 aromatic heterocycles. The van der Waals surface area contributed by atoms with Gasteiger partial charge in [-0.25, -0.2) is 4.99 Å². The van der Waals surface area contributed by atoms with Crippen molar-refractivity contribution < 1.29 is 28.8 Å². The Morgan fingerprint density at radius 1 is 1.05 bits per heavy atom. The van der Waals surface area contributed by atoms with Crippen molar-refractivity contribution in [2.24, 2.45) is 4.99 Å². The smallest absolute Gasteiger partial charge is 0.252 e. The summed E-state index contributed by atoms with van der Waals surface area (Å²) in [4.78, 5) is 18.8. The van der Waals surface area contributed by atoms with Crippen molar-refractivity contribution in [3.8, 4) is 17.2 Å². The molecule has 2 atom stereocenters. The summed E-state index contributed by atoms with van der Waals surface area (Å²) in [6.07, 6.45) is 4.35. The Labute approximate surface area is 235 Å². The van der Waals surface area contributed by atoms with Crippen LogP contribution in [-0.4, -0.2) is 56.0 Å². The van der Waals surface area contributed by atoms with Crippen LogP contribution in [0.3, 0.4) is 0 Å². The first-order chi connectivity index (χ1) is 19.5. The first kappa shape index (κ1) is 28.7. The van der Waals surface area contributed by atoms with Crippen LogP contribution in [0.4, 0.5) is 0 Å². The molecule has 1 heterocycles. The predicted molar refractivity (Wildman–Crippen MR) is 155 cm³/mol. The van der Waals surface area contributed by atoms with E-state index in [1.807, 2.05) is 85.8 Å². The highest BCUT2D eigenvalue weighted by Crippen LogP contribution is 2.34. The van der Waals surface area contributed by atoms with Crippen molar-refractivity contribution in [1.82, 2.24) is 5.32 Å². The number of amides is 1. The third-order valence-electron chi connectivity index (χ3n) is 6.80. The zero-order valence-electron chi connectivity index (χ0n) is 23.1. The zero-order valence-corrected chi connectivity index (χ0v) is 23.1. The molecule has 3 aromatic carbocycles. The zero-order chi connectivity index (χ0) is 28.4. The predicted octanol–water partition coefficient (Wildman–Crippen LogP) is 4.79. The number of aliphatic imine (C=N–C) groups is 1. The lowest BCUT2D eigenvalue weighted by atomic mass is 9.88. The van der Waals surface area contributed by atoms with Crippen molar-refractivity contribution in [2.75, 3.05) is 27.4 Å². The summed E-state index contributed by atoms with van der Waals surface area (Å²) in [6.45, 7) is 2.63. The second-order valence-corrected chi connectivity index (χ2v) is 9.43. The molecule has 210 valence electrons. The molecule has 3 aromatic rings. The van der Waals surface area contributed by atoms with Crippen LogP contribution >= 0.6 is 0 Å². The van der Waals surface area contributed by atoms with Gasteiger partial charge in [0.2, 0.25) is 5.90 Å². The summed E-state index contributed by atoms with van der Waals surface area (Å²) >= 11 is 0.